The van der Waals surface area contributed by atoms with Gasteiger partial charge in [0.05, 0.1) is 5.69 Å². The summed E-state index contributed by atoms with van der Waals surface area (Å²) in [5.74, 6) is 0. The summed E-state index contributed by atoms with van der Waals surface area (Å²) >= 11 is 1.86. The molecule has 0 N–H and O–H groups in total. The zero-order valence-electron chi connectivity index (χ0n) is 31.0. The predicted molar refractivity (Wildman–Crippen MR) is 243 cm³/mol. The fourth-order valence-electron chi connectivity index (χ4n) is 8.29. The smallest absolute Gasteiger partial charge is 0.143 e. The minimum Gasteiger partial charge on any atom is -0.455 e. The van der Waals surface area contributed by atoms with Gasteiger partial charge in [-0.2, -0.15) is 0 Å². The van der Waals surface area contributed by atoms with Crippen molar-refractivity contribution >= 4 is 70.5 Å². The molecule has 0 fully saturated rings. The van der Waals surface area contributed by atoms with Gasteiger partial charge in [0.15, 0.2) is 0 Å². The molecule has 268 valence electrons. The highest BCUT2D eigenvalue weighted by Crippen LogP contribution is 2.45. The van der Waals surface area contributed by atoms with Gasteiger partial charge >= 0.3 is 0 Å². The fourth-order valence-corrected chi connectivity index (χ4v) is 9.44. The quantitative estimate of drug-likeness (QED) is 0.162. The summed E-state index contributed by atoms with van der Waals surface area (Å²) in [7, 11) is 0. The van der Waals surface area contributed by atoms with Crippen LogP contribution in [0.4, 0.5) is 17.1 Å². The minimum absolute atomic E-state index is 0.905. The molecule has 2 nitrogen and oxygen atoms in total. The van der Waals surface area contributed by atoms with Gasteiger partial charge in [-0.3, -0.25) is 0 Å². The lowest BCUT2D eigenvalue weighted by Crippen LogP contribution is -2.11. The first-order valence-electron chi connectivity index (χ1n) is 19.3. The van der Waals surface area contributed by atoms with Crippen LogP contribution in [0.3, 0.4) is 0 Å². The van der Waals surface area contributed by atoms with E-state index in [1.165, 1.54) is 42.4 Å². The standard InChI is InChI=1S/C54H35NOS/c1-3-12-36(13-4-1)37-22-28-42(29-23-37)55(43-30-24-39(25-31-43)44-18-11-19-48-45-16-7-9-20-51(45)56-54(44)48)50-33-27-40(34-49(50)38-14-5-2-6-15-38)41-26-32-47-46-17-8-10-21-52(46)57-53(47)35-41/h1-35H. The zero-order valence-corrected chi connectivity index (χ0v) is 31.8. The Hall–Kier alpha value is -7.20. The van der Waals surface area contributed by atoms with Crippen LogP contribution in [0.1, 0.15) is 0 Å². The fraction of sp³-hybridized carbons (Fsp3) is 0. The second kappa shape index (κ2) is 13.8. The molecule has 0 aliphatic heterocycles. The molecular weight excluding hydrogens is 711 g/mol. The number of hydrogen-bond donors (Lipinski definition) is 0. The molecule has 0 bridgehead atoms. The third kappa shape index (κ3) is 5.88. The van der Waals surface area contributed by atoms with Gasteiger partial charge in [0, 0.05) is 53.4 Å². The second-order valence-corrected chi connectivity index (χ2v) is 15.6. The molecule has 0 spiro atoms. The molecule has 0 saturated heterocycles. The van der Waals surface area contributed by atoms with Crippen molar-refractivity contribution in [2.75, 3.05) is 4.90 Å². The van der Waals surface area contributed by atoms with Crippen LogP contribution in [0.5, 0.6) is 0 Å². The molecule has 11 rings (SSSR count). The number of nitrogens with zero attached hydrogens (tertiary/aromatic N) is 1. The maximum Gasteiger partial charge on any atom is 0.143 e. The van der Waals surface area contributed by atoms with Gasteiger partial charge in [-0.1, -0.05) is 158 Å². The van der Waals surface area contributed by atoms with Crippen molar-refractivity contribution in [3.05, 3.63) is 212 Å². The van der Waals surface area contributed by atoms with Gasteiger partial charge in [-0.25, -0.2) is 0 Å². The van der Waals surface area contributed by atoms with Crippen LogP contribution in [0.2, 0.25) is 0 Å². The number of hydrogen-bond acceptors (Lipinski definition) is 3. The van der Waals surface area contributed by atoms with Gasteiger partial charge in [0.1, 0.15) is 11.2 Å². The van der Waals surface area contributed by atoms with E-state index in [2.05, 4.69) is 205 Å². The van der Waals surface area contributed by atoms with Crippen LogP contribution in [-0.2, 0) is 0 Å². The average Bonchev–Trinajstić information content (AvgIpc) is 3.86. The Balaban J connectivity index is 1.06. The Kier molecular flexibility index (Phi) is 8.04. The van der Waals surface area contributed by atoms with Crippen LogP contribution in [0, 0.1) is 0 Å². The highest BCUT2D eigenvalue weighted by molar-refractivity contribution is 7.25. The van der Waals surface area contributed by atoms with Crippen molar-refractivity contribution in [3.63, 3.8) is 0 Å². The third-order valence-corrected chi connectivity index (χ3v) is 12.2. The molecule has 0 aliphatic carbocycles. The van der Waals surface area contributed by atoms with Crippen molar-refractivity contribution in [1.82, 2.24) is 0 Å². The van der Waals surface area contributed by atoms with Gasteiger partial charge in [0.25, 0.3) is 0 Å². The summed E-state index contributed by atoms with van der Waals surface area (Å²) < 4.78 is 9.07. The van der Waals surface area contributed by atoms with Gasteiger partial charge < -0.3 is 9.32 Å². The molecule has 11 aromatic rings. The summed E-state index contributed by atoms with van der Waals surface area (Å²) in [6, 6.07) is 76.4. The molecule has 0 aliphatic rings. The van der Waals surface area contributed by atoms with Gasteiger partial charge in [-0.15, -0.1) is 11.3 Å². The van der Waals surface area contributed by atoms with Crippen molar-refractivity contribution in [2.24, 2.45) is 0 Å². The molecule has 3 heteroatoms. The maximum atomic E-state index is 6.44. The van der Waals surface area contributed by atoms with E-state index in [1.807, 2.05) is 23.5 Å². The van der Waals surface area contributed by atoms with E-state index in [0.29, 0.717) is 0 Å². The molecule has 9 aromatic carbocycles. The zero-order chi connectivity index (χ0) is 37.7. The molecule has 2 aromatic heterocycles. The van der Waals surface area contributed by atoms with Crippen molar-refractivity contribution in [1.29, 1.82) is 0 Å². The van der Waals surface area contributed by atoms with E-state index < -0.39 is 0 Å². The van der Waals surface area contributed by atoms with Crippen LogP contribution < -0.4 is 4.90 Å². The molecular formula is C54H35NOS. The summed E-state index contributed by atoms with van der Waals surface area (Å²) in [5, 5.41) is 4.89. The Labute approximate surface area is 335 Å². The number of fused-ring (bicyclic) bond motifs is 6. The topological polar surface area (TPSA) is 16.4 Å². The minimum atomic E-state index is 0.905. The first-order valence-corrected chi connectivity index (χ1v) is 20.1. The number of benzene rings is 9. The predicted octanol–water partition coefficient (Wildman–Crippen LogP) is 16.1. The lowest BCUT2D eigenvalue weighted by molar-refractivity contribution is 0.670. The molecule has 57 heavy (non-hydrogen) atoms. The highest BCUT2D eigenvalue weighted by atomic mass is 32.1. The second-order valence-electron chi connectivity index (χ2n) is 14.5. The highest BCUT2D eigenvalue weighted by Gasteiger charge is 2.20. The van der Waals surface area contributed by atoms with Crippen LogP contribution in [0.25, 0.3) is 86.6 Å². The van der Waals surface area contributed by atoms with Crippen LogP contribution >= 0.6 is 11.3 Å². The van der Waals surface area contributed by atoms with E-state index in [9.17, 15) is 0 Å². The van der Waals surface area contributed by atoms with Crippen molar-refractivity contribution < 1.29 is 4.42 Å². The number of rotatable bonds is 7. The first-order chi connectivity index (χ1) is 28.2. The summed E-state index contributed by atoms with van der Waals surface area (Å²) in [4.78, 5) is 2.39. The number of para-hydroxylation sites is 2. The molecule has 0 saturated carbocycles. The lowest BCUT2D eigenvalue weighted by Gasteiger charge is -2.29. The van der Waals surface area contributed by atoms with Crippen molar-refractivity contribution in [2.45, 2.75) is 0 Å². The molecule has 0 amide bonds. The number of furan rings is 1. The van der Waals surface area contributed by atoms with E-state index >= 15 is 0 Å². The van der Waals surface area contributed by atoms with E-state index in [1.54, 1.807) is 0 Å². The molecule has 0 radical (unpaired) electrons. The monoisotopic (exact) mass is 745 g/mol. The normalized spacial score (nSPS) is 11.5. The summed E-state index contributed by atoms with van der Waals surface area (Å²) in [5.41, 5.74) is 14.4. The third-order valence-electron chi connectivity index (χ3n) is 11.1. The van der Waals surface area contributed by atoms with Crippen LogP contribution in [-0.4, -0.2) is 0 Å². The molecule has 0 atom stereocenters. The summed E-state index contributed by atoms with van der Waals surface area (Å²) in [6.45, 7) is 0. The summed E-state index contributed by atoms with van der Waals surface area (Å²) in [6.07, 6.45) is 0. The Morgan fingerprint density at radius 1 is 0.333 bits per heavy atom. The SMILES string of the molecule is c1ccc(-c2ccc(N(c3ccc(-c4cccc5c4oc4ccccc45)cc3)c3ccc(-c4ccc5c(c4)sc4ccccc45)cc3-c3ccccc3)cc2)cc1. The lowest BCUT2D eigenvalue weighted by atomic mass is 9.95. The first kappa shape index (κ1) is 33.2. The molecule has 0 unspecified atom stereocenters. The van der Waals surface area contributed by atoms with E-state index in [0.717, 1.165) is 61.3 Å². The number of anilines is 3. The molecule has 2 heterocycles. The van der Waals surface area contributed by atoms with E-state index in [-0.39, 0.29) is 0 Å². The van der Waals surface area contributed by atoms with E-state index in [4.69, 9.17) is 4.42 Å². The maximum absolute atomic E-state index is 6.44. The Morgan fingerprint density at radius 3 is 1.65 bits per heavy atom. The Bertz CT molecular complexity index is 3210. The van der Waals surface area contributed by atoms with Crippen molar-refractivity contribution in [3.8, 4) is 44.5 Å². The van der Waals surface area contributed by atoms with Crippen LogP contribution in [0.15, 0.2) is 217 Å². The largest absolute Gasteiger partial charge is 0.455 e. The number of thiophene rings is 1. The average molecular weight is 746 g/mol. The van der Waals surface area contributed by atoms with Gasteiger partial charge in [-0.05, 0) is 88.0 Å². The van der Waals surface area contributed by atoms with Gasteiger partial charge in [0.2, 0.25) is 0 Å². The Morgan fingerprint density at radius 2 is 0.877 bits per heavy atom.